The number of likely N-dealkylation sites (tertiary alicyclic amines) is 1. The van der Waals surface area contributed by atoms with Crippen molar-refractivity contribution in [1.82, 2.24) is 20.0 Å². The van der Waals surface area contributed by atoms with Crippen molar-refractivity contribution in [3.8, 4) is 0 Å². The van der Waals surface area contributed by atoms with Gasteiger partial charge in [-0.05, 0) is 38.3 Å². The van der Waals surface area contributed by atoms with Crippen LogP contribution >= 0.6 is 0 Å². The Morgan fingerprint density at radius 2 is 2.28 bits per heavy atom. The van der Waals surface area contributed by atoms with Gasteiger partial charge in [0.25, 0.3) is 0 Å². The minimum absolute atomic E-state index is 0.0762. The van der Waals surface area contributed by atoms with Gasteiger partial charge in [0.2, 0.25) is 5.91 Å². The second-order valence-corrected chi connectivity index (χ2v) is 7.12. The highest BCUT2D eigenvalue weighted by Crippen LogP contribution is 2.17. The number of rotatable bonds is 5. The lowest BCUT2D eigenvalue weighted by atomic mass is 10.0. The smallest absolute Gasteiger partial charge is 0.236 e. The summed E-state index contributed by atoms with van der Waals surface area (Å²) in [4.78, 5) is 19.0. The largest absolute Gasteiger partial charge is 0.374 e. The highest BCUT2D eigenvalue weighted by Gasteiger charge is 2.28. The summed E-state index contributed by atoms with van der Waals surface area (Å²) in [5, 5.41) is 8.05. The van der Waals surface area contributed by atoms with E-state index in [2.05, 4.69) is 31.8 Å². The summed E-state index contributed by atoms with van der Waals surface area (Å²) in [5.41, 5.74) is 0. The van der Waals surface area contributed by atoms with Crippen molar-refractivity contribution in [3.63, 3.8) is 0 Å². The molecule has 2 fully saturated rings. The van der Waals surface area contributed by atoms with Gasteiger partial charge in [0, 0.05) is 45.5 Å². The average molecular weight is 347 g/mol. The van der Waals surface area contributed by atoms with Gasteiger partial charge in [0.05, 0.1) is 19.3 Å². The third-order valence-corrected chi connectivity index (χ3v) is 5.13. The number of anilines is 1. The molecule has 2 saturated heterocycles. The Morgan fingerprint density at radius 1 is 1.40 bits per heavy atom. The molecule has 138 valence electrons. The van der Waals surface area contributed by atoms with Crippen LogP contribution in [0.3, 0.4) is 0 Å². The number of amides is 1. The van der Waals surface area contributed by atoms with Gasteiger partial charge in [-0.25, -0.2) is 0 Å². The summed E-state index contributed by atoms with van der Waals surface area (Å²) in [5.74, 6) is 1.09. The van der Waals surface area contributed by atoms with Crippen molar-refractivity contribution in [3.05, 3.63) is 18.3 Å². The first-order valence-corrected chi connectivity index (χ1v) is 9.26. The topological polar surface area (TPSA) is 61.8 Å². The maximum Gasteiger partial charge on any atom is 0.236 e. The lowest BCUT2D eigenvalue weighted by molar-refractivity contribution is -0.137. The SMILES string of the molecule is C[C@@H]1CCCCN1C(=O)CN1CCO[C@H](CN(C)c2cccnn2)C1. The van der Waals surface area contributed by atoms with Crippen molar-refractivity contribution in [1.29, 1.82) is 0 Å². The first-order chi connectivity index (χ1) is 12.1. The maximum atomic E-state index is 12.6. The Balaban J connectivity index is 1.50. The van der Waals surface area contributed by atoms with Crippen LogP contribution in [0, 0.1) is 0 Å². The van der Waals surface area contributed by atoms with Crippen molar-refractivity contribution in [2.45, 2.75) is 38.3 Å². The summed E-state index contributed by atoms with van der Waals surface area (Å²) in [6.45, 7) is 6.57. The van der Waals surface area contributed by atoms with Crippen LogP contribution in [0.4, 0.5) is 5.82 Å². The van der Waals surface area contributed by atoms with Crippen LogP contribution in [-0.4, -0.2) is 84.4 Å². The van der Waals surface area contributed by atoms with Gasteiger partial charge in [-0.1, -0.05) is 0 Å². The molecule has 3 heterocycles. The number of morpholine rings is 1. The molecule has 7 nitrogen and oxygen atoms in total. The zero-order valence-corrected chi connectivity index (χ0v) is 15.3. The van der Waals surface area contributed by atoms with Crippen LogP contribution in [0.25, 0.3) is 0 Å². The zero-order valence-electron chi connectivity index (χ0n) is 15.3. The molecule has 0 aromatic carbocycles. The first kappa shape index (κ1) is 18.1. The molecule has 0 N–H and O–H groups in total. The van der Waals surface area contributed by atoms with Crippen molar-refractivity contribution < 1.29 is 9.53 Å². The van der Waals surface area contributed by atoms with E-state index in [1.54, 1.807) is 6.20 Å². The Bertz CT molecular complexity index is 556. The van der Waals surface area contributed by atoms with E-state index >= 15 is 0 Å². The molecule has 0 spiro atoms. The summed E-state index contributed by atoms with van der Waals surface area (Å²) in [6, 6.07) is 4.20. The Hall–Kier alpha value is -1.73. The maximum absolute atomic E-state index is 12.6. The summed E-state index contributed by atoms with van der Waals surface area (Å²) >= 11 is 0. The van der Waals surface area contributed by atoms with E-state index in [1.165, 1.54) is 6.42 Å². The predicted octanol–water partition coefficient (Wildman–Crippen LogP) is 1.01. The minimum atomic E-state index is 0.0762. The van der Waals surface area contributed by atoms with Crippen LogP contribution in [-0.2, 0) is 9.53 Å². The van der Waals surface area contributed by atoms with Crippen molar-refractivity contribution >= 4 is 11.7 Å². The third kappa shape index (κ3) is 4.89. The van der Waals surface area contributed by atoms with Crippen LogP contribution in [0.2, 0.25) is 0 Å². The molecular formula is C18H29N5O2. The average Bonchev–Trinajstić information content (AvgIpc) is 2.63. The molecule has 0 aliphatic carbocycles. The highest BCUT2D eigenvalue weighted by atomic mass is 16.5. The van der Waals surface area contributed by atoms with Gasteiger partial charge in [0.1, 0.15) is 0 Å². The molecule has 1 amide bonds. The lowest BCUT2D eigenvalue weighted by Crippen LogP contribution is -2.52. The number of carbonyl (C=O) groups excluding carboxylic acids is 1. The van der Waals surface area contributed by atoms with Crippen LogP contribution in [0.5, 0.6) is 0 Å². The fourth-order valence-corrected chi connectivity index (χ4v) is 3.68. The molecule has 2 atom stereocenters. The molecule has 3 rings (SSSR count). The number of ether oxygens (including phenoxy) is 1. The predicted molar refractivity (Wildman–Crippen MR) is 96.5 cm³/mol. The Labute approximate surface area is 149 Å². The third-order valence-electron chi connectivity index (χ3n) is 5.13. The van der Waals surface area contributed by atoms with Crippen LogP contribution in [0.1, 0.15) is 26.2 Å². The second kappa shape index (κ2) is 8.58. The van der Waals surface area contributed by atoms with Gasteiger partial charge in [-0.2, -0.15) is 5.10 Å². The molecular weight excluding hydrogens is 318 g/mol. The fraction of sp³-hybridized carbons (Fsp3) is 0.722. The number of hydrogen-bond acceptors (Lipinski definition) is 6. The highest BCUT2D eigenvalue weighted by molar-refractivity contribution is 5.78. The van der Waals surface area contributed by atoms with Crippen LogP contribution in [0.15, 0.2) is 18.3 Å². The molecule has 1 aromatic heterocycles. The molecule has 1 aromatic rings. The van der Waals surface area contributed by atoms with Gasteiger partial charge < -0.3 is 14.5 Å². The van der Waals surface area contributed by atoms with Gasteiger partial charge in [-0.3, -0.25) is 9.69 Å². The van der Waals surface area contributed by atoms with E-state index in [4.69, 9.17) is 4.74 Å². The molecule has 0 saturated carbocycles. The number of piperidine rings is 1. The van der Waals surface area contributed by atoms with E-state index in [0.717, 1.165) is 44.8 Å². The fourth-order valence-electron chi connectivity index (χ4n) is 3.68. The van der Waals surface area contributed by atoms with Gasteiger partial charge >= 0.3 is 0 Å². The molecule has 0 unspecified atom stereocenters. The minimum Gasteiger partial charge on any atom is -0.374 e. The number of aromatic nitrogens is 2. The van der Waals surface area contributed by atoms with E-state index in [1.807, 2.05) is 19.2 Å². The number of likely N-dealkylation sites (N-methyl/N-ethyl adjacent to an activating group) is 1. The first-order valence-electron chi connectivity index (χ1n) is 9.26. The van der Waals surface area contributed by atoms with E-state index in [0.29, 0.717) is 19.2 Å². The monoisotopic (exact) mass is 347 g/mol. The molecule has 7 heteroatoms. The molecule has 0 bridgehead atoms. The molecule has 2 aliphatic heterocycles. The second-order valence-electron chi connectivity index (χ2n) is 7.12. The van der Waals surface area contributed by atoms with Crippen LogP contribution < -0.4 is 4.90 Å². The number of nitrogens with zero attached hydrogens (tertiary/aromatic N) is 5. The number of carbonyl (C=O) groups is 1. The van der Waals surface area contributed by atoms with E-state index < -0.39 is 0 Å². The molecule has 0 radical (unpaired) electrons. The lowest BCUT2D eigenvalue weighted by Gasteiger charge is -2.38. The summed E-state index contributed by atoms with van der Waals surface area (Å²) in [7, 11) is 1.99. The molecule has 25 heavy (non-hydrogen) atoms. The van der Waals surface area contributed by atoms with Crippen molar-refractivity contribution in [2.24, 2.45) is 0 Å². The zero-order chi connectivity index (χ0) is 17.6. The van der Waals surface area contributed by atoms with E-state index in [-0.39, 0.29) is 12.0 Å². The summed E-state index contributed by atoms with van der Waals surface area (Å²) in [6.07, 6.45) is 5.24. The van der Waals surface area contributed by atoms with Crippen molar-refractivity contribution in [2.75, 3.05) is 51.3 Å². The van der Waals surface area contributed by atoms with E-state index in [9.17, 15) is 4.79 Å². The standard InChI is InChI=1S/C18H29N5O2/c1-15-6-3-4-9-23(15)18(24)14-22-10-11-25-16(13-22)12-21(2)17-7-5-8-19-20-17/h5,7-8,15-16H,3-4,6,9-14H2,1-2H3/t15-,16-/m1/s1. The van der Waals surface area contributed by atoms with Gasteiger partial charge in [-0.15, -0.1) is 5.10 Å². The number of hydrogen-bond donors (Lipinski definition) is 0. The molecule has 2 aliphatic rings. The Morgan fingerprint density at radius 3 is 3.04 bits per heavy atom. The Kier molecular flexibility index (Phi) is 6.20. The van der Waals surface area contributed by atoms with Gasteiger partial charge in [0.15, 0.2) is 5.82 Å². The summed E-state index contributed by atoms with van der Waals surface area (Å²) < 4.78 is 5.89. The quantitative estimate of drug-likeness (QED) is 0.792. The normalized spacial score (nSPS) is 25.0.